The lowest BCUT2D eigenvalue weighted by Crippen LogP contribution is -2.07. The molecule has 1 aromatic rings. The van der Waals surface area contributed by atoms with Crippen LogP contribution in [0.1, 0.15) is 0 Å². The second kappa shape index (κ2) is 5.01. The predicted molar refractivity (Wildman–Crippen MR) is 61.6 cm³/mol. The van der Waals surface area contributed by atoms with Crippen LogP contribution in [0.2, 0.25) is 0 Å². The van der Waals surface area contributed by atoms with Crippen molar-refractivity contribution >= 4 is 23.4 Å². The topological polar surface area (TPSA) is 102 Å². The zero-order chi connectivity index (χ0) is 13.0. The molecule has 0 fully saturated rings. The molecule has 17 heavy (non-hydrogen) atoms. The van der Waals surface area contributed by atoms with Gasteiger partial charge in [0, 0.05) is 26.2 Å². The molecule has 0 aliphatic heterocycles. The summed E-state index contributed by atoms with van der Waals surface area (Å²) in [6, 6.07) is 3.24. The van der Waals surface area contributed by atoms with E-state index in [0.717, 1.165) is 6.07 Å². The minimum absolute atomic E-state index is 0.166. The predicted octanol–water partition coefficient (Wildman–Crippen LogP) is 1.72. The third kappa shape index (κ3) is 3.52. The molecule has 0 bridgehead atoms. The van der Waals surface area contributed by atoms with E-state index in [2.05, 4.69) is 4.99 Å². The van der Waals surface area contributed by atoms with E-state index < -0.39 is 9.85 Å². The van der Waals surface area contributed by atoms with Crippen molar-refractivity contribution in [2.45, 2.75) is 0 Å². The highest BCUT2D eigenvalue weighted by molar-refractivity contribution is 5.64. The van der Waals surface area contributed by atoms with E-state index in [0.29, 0.717) is 0 Å². The lowest BCUT2D eigenvalue weighted by molar-refractivity contribution is -0.394. The van der Waals surface area contributed by atoms with Crippen molar-refractivity contribution in [3.05, 3.63) is 38.4 Å². The second-order valence-corrected chi connectivity index (χ2v) is 3.43. The van der Waals surface area contributed by atoms with Crippen molar-refractivity contribution in [3.63, 3.8) is 0 Å². The SMILES string of the molecule is CN(C)C=Nc1cc([N+](=O)[O-])cc([N+](=O)[O-])c1. The Morgan fingerprint density at radius 3 is 1.94 bits per heavy atom. The Morgan fingerprint density at radius 1 is 1.12 bits per heavy atom. The van der Waals surface area contributed by atoms with E-state index in [4.69, 9.17) is 0 Å². The Kier molecular flexibility index (Phi) is 3.70. The minimum Gasteiger partial charge on any atom is -0.369 e. The van der Waals surface area contributed by atoms with Gasteiger partial charge in [-0.25, -0.2) is 4.99 Å². The quantitative estimate of drug-likeness (QED) is 0.344. The molecule has 1 rings (SSSR count). The van der Waals surface area contributed by atoms with Crippen LogP contribution in [0.25, 0.3) is 0 Å². The van der Waals surface area contributed by atoms with Gasteiger partial charge in [-0.05, 0) is 0 Å². The first-order valence-corrected chi connectivity index (χ1v) is 4.54. The summed E-state index contributed by atoms with van der Waals surface area (Å²) in [5, 5.41) is 21.2. The molecule has 0 atom stereocenters. The molecule has 0 aromatic heterocycles. The first-order chi connectivity index (χ1) is 7.90. The molecular formula is C9H10N4O4. The maximum Gasteiger partial charge on any atom is 0.278 e. The van der Waals surface area contributed by atoms with Gasteiger partial charge in [0.15, 0.2) is 0 Å². The summed E-state index contributed by atoms with van der Waals surface area (Å²) in [5.41, 5.74) is -0.546. The molecule has 1 aromatic carbocycles. The van der Waals surface area contributed by atoms with Crippen molar-refractivity contribution in [2.24, 2.45) is 4.99 Å². The fourth-order valence-electron chi connectivity index (χ4n) is 1.05. The van der Waals surface area contributed by atoms with Crippen molar-refractivity contribution in [1.82, 2.24) is 4.90 Å². The van der Waals surface area contributed by atoms with E-state index in [1.54, 1.807) is 19.0 Å². The molecule has 0 unspecified atom stereocenters. The molecule has 0 saturated heterocycles. The highest BCUT2D eigenvalue weighted by atomic mass is 16.6. The van der Waals surface area contributed by atoms with Gasteiger partial charge in [-0.15, -0.1) is 0 Å². The fraction of sp³-hybridized carbons (Fsp3) is 0.222. The standard InChI is InChI=1S/C9H10N4O4/c1-11(2)6-10-7-3-8(12(14)15)5-9(4-7)13(16)17/h3-6H,1-2H3. The minimum atomic E-state index is -0.693. The van der Waals surface area contributed by atoms with Gasteiger partial charge in [-0.3, -0.25) is 20.2 Å². The molecule has 0 heterocycles. The van der Waals surface area contributed by atoms with Gasteiger partial charge in [-0.1, -0.05) is 0 Å². The van der Waals surface area contributed by atoms with Crippen molar-refractivity contribution in [2.75, 3.05) is 14.1 Å². The van der Waals surface area contributed by atoms with Gasteiger partial charge in [0.1, 0.15) is 0 Å². The van der Waals surface area contributed by atoms with E-state index >= 15 is 0 Å². The summed E-state index contributed by atoms with van der Waals surface area (Å²) in [5.74, 6) is 0. The average molecular weight is 238 g/mol. The van der Waals surface area contributed by atoms with Crippen molar-refractivity contribution < 1.29 is 9.85 Å². The number of nitro groups is 2. The Bertz CT molecular complexity index is 452. The zero-order valence-corrected chi connectivity index (χ0v) is 9.23. The third-order valence-corrected chi connectivity index (χ3v) is 1.75. The average Bonchev–Trinajstić information content (AvgIpc) is 2.25. The molecule has 90 valence electrons. The lowest BCUT2D eigenvalue weighted by Gasteiger charge is -2.02. The third-order valence-electron chi connectivity index (χ3n) is 1.75. The van der Waals surface area contributed by atoms with Crippen LogP contribution in [-0.2, 0) is 0 Å². The summed E-state index contributed by atoms with van der Waals surface area (Å²) < 4.78 is 0. The van der Waals surface area contributed by atoms with Crippen LogP contribution in [-0.4, -0.2) is 35.2 Å². The molecule has 8 nitrogen and oxygen atoms in total. The molecule has 0 N–H and O–H groups in total. The van der Waals surface area contributed by atoms with Crippen LogP contribution >= 0.6 is 0 Å². The molecule has 0 aliphatic carbocycles. The van der Waals surface area contributed by atoms with Crippen molar-refractivity contribution in [1.29, 1.82) is 0 Å². The maximum absolute atomic E-state index is 10.6. The monoisotopic (exact) mass is 238 g/mol. The van der Waals surface area contributed by atoms with Gasteiger partial charge < -0.3 is 4.90 Å². The summed E-state index contributed by atoms with van der Waals surface area (Å²) >= 11 is 0. The second-order valence-electron chi connectivity index (χ2n) is 3.43. The molecule has 8 heteroatoms. The number of nitrogens with zero attached hydrogens (tertiary/aromatic N) is 4. The first kappa shape index (κ1) is 12.6. The van der Waals surface area contributed by atoms with Crippen LogP contribution < -0.4 is 0 Å². The summed E-state index contributed by atoms with van der Waals surface area (Å²) in [7, 11) is 3.44. The zero-order valence-electron chi connectivity index (χ0n) is 9.23. The van der Waals surface area contributed by atoms with Gasteiger partial charge in [0.05, 0.1) is 27.9 Å². The molecular weight excluding hydrogens is 228 g/mol. The van der Waals surface area contributed by atoms with E-state index in [1.807, 2.05) is 0 Å². The van der Waals surface area contributed by atoms with Crippen molar-refractivity contribution in [3.8, 4) is 0 Å². The van der Waals surface area contributed by atoms with Gasteiger partial charge in [0.25, 0.3) is 11.4 Å². The highest BCUT2D eigenvalue weighted by Gasteiger charge is 2.15. The maximum atomic E-state index is 10.6. The summed E-state index contributed by atoms with van der Waals surface area (Å²) in [6.45, 7) is 0. The molecule has 0 radical (unpaired) electrons. The Hall–Kier alpha value is -2.51. The van der Waals surface area contributed by atoms with Crippen LogP contribution in [0, 0.1) is 20.2 Å². The summed E-state index contributed by atoms with van der Waals surface area (Å²) in [4.78, 5) is 25.3. The number of hydrogen-bond acceptors (Lipinski definition) is 5. The van der Waals surface area contributed by atoms with E-state index in [9.17, 15) is 20.2 Å². The first-order valence-electron chi connectivity index (χ1n) is 4.54. The largest absolute Gasteiger partial charge is 0.369 e. The van der Waals surface area contributed by atoms with Gasteiger partial charge in [-0.2, -0.15) is 0 Å². The number of nitro benzene ring substituents is 2. The molecule has 0 spiro atoms. The molecule has 0 amide bonds. The summed E-state index contributed by atoms with van der Waals surface area (Å²) in [6.07, 6.45) is 1.41. The van der Waals surface area contributed by atoms with Crippen LogP contribution in [0.3, 0.4) is 0 Å². The number of non-ortho nitro benzene ring substituents is 2. The van der Waals surface area contributed by atoms with Gasteiger partial charge in [0.2, 0.25) is 0 Å². The molecule has 0 aliphatic rings. The Labute approximate surface area is 96.5 Å². The number of aliphatic imine (C=N–C) groups is 1. The van der Waals surface area contributed by atoms with Crippen LogP contribution in [0.15, 0.2) is 23.2 Å². The van der Waals surface area contributed by atoms with E-state index in [-0.39, 0.29) is 17.1 Å². The smallest absolute Gasteiger partial charge is 0.278 e. The number of rotatable bonds is 4. The normalized spacial score (nSPS) is 10.5. The van der Waals surface area contributed by atoms with Crippen LogP contribution in [0.4, 0.5) is 17.1 Å². The number of hydrogen-bond donors (Lipinski definition) is 0. The van der Waals surface area contributed by atoms with Gasteiger partial charge >= 0.3 is 0 Å². The Balaban J connectivity index is 3.21. The Morgan fingerprint density at radius 2 is 1.59 bits per heavy atom. The fourth-order valence-corrected chi connectivity index (χ4v) is 1.05. The molecule has 0 saturated carbocycles. The number of benzene rings is 1. The van der Waals surface area contributed by atoms with Crippen LogP contribution in [0.5, 0.6) is 0 Å². The highest BCUT2D eigenvalue weighted by Crippen LogP contribution is 2.27. The lowest BCUT2D eigenvalue weighted by atomic mass is 10.2. The van der Waals surface area contributed by atoms with E-state index in [1.165, 1.54) is 18.5 Å².